The number of hydrogen-bond acceptors (Lipinski definition) is 3. The zero-order valence-electron chi connectivity index (χ0n) is 17.8. The van der Waals surface area contributed by atoms with Gasteiger partial charge in [-0.25, -0.2) is 4.68 Å². The molecule has 1 aromatic heterocycles. The minimum Gasteiger partial charge on any atom is -0.345 e. The van der Waals surface area contributed by atoms with E-state index >= 15 is 0 Å². The van der Waals surface area contributed by atoms with Crippen LogP contribution in [-0.4, -0.2) is 52.0 Å². The van der Waals surface area contributed by atoms with E-state index in [0.717, 1.165) is 16.8 Å². The predicted octanol–water partition coefficient (Wildman–Crippen LogP) is 3.56. The molecule has 1 heterocycles. The van der Waals surface area contributed by atoms with Gasteiger partial charge in [0, 0.05) is 45.4 Å². The minimum atomic E-state index is -0.0268. The zero-order valence-corrected chi connectivity index (χ0v) is 17.8. The van der Waals surface area contributed by atoms with E-state index in [2.05, 4.69) is 5.10 Å². The molecular formula is C24H28N4O2. The first-order valence-electron chi connectivity index (χ1n) is 10.1. The zero-order chi connectivity index (χ0) is 21.5. The lowest BCUT2D eigenvalue weighted by Gasteiger charge is -2.21. The van der Waals surface area contributed by atoms with Gasteiger partial charge in [0.1, 0.15) is 0 Å². The Morgan fingerprint density at radius 3 is 2.30 bits per heavy atom. The Morgan fingerprint density at radius 2 is 1.67 bits per heavy atom. The molecule has 0 unspecified atom stereocenters. The van der Waals surface area contributed by atoms with Gasteiger partial charge in [-0.2, -0.15) is 5.10 Å². The molecule has 0 bridgehead atoms. The predicted molar refractivity (Wildman–Crippen MR) is 117 cm³/mol. The Balaban J connectivity index is 1.56. The van der Waals surface area contributed by atoms with Crippen LogP contribution in [0.2, 0.25) is 0 Å². The highest BCUT2D eigenvalue weighted by Gasteiger charge is 2.14. The van der Waals surface area contributed by atoms with Crippen molar-refractivity contribution in [2.24, 2.45) is 0 Å². The van der Waals surface area contributed by atoms with Crippen LogP contribution in [0.1, 0.15) is 34.8 Å². The third-order valence-electron chi connectivity index (χ3n) is 5.00. The topological polar surface area (TPSA) is 58.4 Å². The van der Waals surface area contributed by atoms with Crippen molar-refractivity contribution in [2.45, 2.75) is 26.3 Å². The van der Waals surface area contributed by atoms with Crippen LogP contribution < -0.4 is 0 Å². The molecule has 3 aromatic rings. The molecule has 0 atom stereocenters. The van der Waals surface area contributed by atoms with Crippen molar-refractivity contribution >= 4 is 11.8 Å². The number of aromatic nitrogens is 2. The van der Waals surface area contributed by atoms with Gasteiger partial charge in [0.2, 0.25) is 5.91 Å². The normalized spacial score (nSPS) is 10.6. The molecule has 0 aliphatic carbocycles. The Labute approximate surface area is 177 Å². The molecule has 0 fully saturated rings. The number of amides is 2. The SMILES string of the molecule is CCN(Cc1ccc(C(=O)N(C)C)cc1)C(=O)CCc1cnn(-c2ccccc2)c1. The maximum absolute atomic E-state index is 12.7. The number of nitrogens with zero attached hydrogens (tertiary/aromatic N) is 4. The number of rotatable bonds is 8. The van der Waals surface area contributed by atoms with Gasteiger partial charge in [0.25, 0.3) is 5.91 Å². The number of benzene rings is 2. The van der Waals surface area contributed by atoms with E-state index in [0.29, 0.717) is 31.5 Å². The summed E-state index contributed by atoms with van der Waals surface area (Å²) in [5, 5.41) is 4.39. The molecule has 0 spiro atoms. The minimum absolute atomic E-state index is 0.0268. The fourth-order valence-electron chi connectivity index (χ4n) is 3.23. The first kappa shape index (κ1) is 21.3. The second-order valence-corrected chi connectivity index (χ2v) is 7.43. The lowest BCUT2D eigenvalue weighted by atomic mass is 10.1. The van der Waals surface area contributed by atoms with Gasteiger partial charge in [0.15, 0.2) is 0 Å². The first-order valence-corrected chi connectivity index (χ1v) is 10.1. The number of hydrogen-bond donors (Lipinski definition) is 0. The summed E-state index contributed by atoms with van der Waals surface area (Å²) in [7, 11) is 3.47. The Hall–Kier alpha value is -3.41. The Morgan fingerprint density at radius 1 is 0.967 bits per heavy atom. The van der Waals surface area contributed by atoms with Crippen molar-refractivity contribution in [3.8, 4) is 5.69 Å². The maximum atomic E-state index is 12.7. The Bertz CT molecular complexity index is 978. The van der Waals surface area contributed by atoms with Crippen molar-refractivity contribution < 1.29 is 9.59 Å². The molecule has 6 heteroatoms. The molecule has 0 radical (unpaired) electrons. The molecule has 0 saturated carbocycles. The van der Waals surface area contributed by atoms with Crippen molar-refractivity contribution in [2.75, 3.05) is 20.6 Å². The molecule has 0 aliphatic rings. The number of carbonyl (C=O) groups is 2. The van der Waals surface area contributed by atoms with Crippen LogP contribution in [0.25, 0.3) is 5.69 Å². The molecule has 6 nitrogen and oxygen atoms in total. The average Bonchev–Trinajstić information content (AvgIpc) is 3.25. The van der Waals surface area contributed by atoms with Gasteiger partial charge in [-0.1, -0.05) is 30.3 Å². The third kappa shape index (κ3) is 5.35. The molecule has 2 amide bonds. The van der Waals surface area contributed by atoms with Crippen LogP contribution >= 0.6 is 0 Å². The fourth-order valence-corrected chi connectivity index (χ4v) is 3.23. The van der Waals surface area contributed by atoms with Gasteiger partial charge < -0.3 is 9.80 Å². The lowest BCUT2D eigenvalue weighted by Crippen LogP contribution is -2.30. The van der Waals surface area contributed by atoms with Gasteiger partial charge in [0.05, 0.1) is 11.9 Å². The number of para-hydroxylation sites is 1. The third-order valence-corrected chi connectivity index (χ3v) is 5.00. The van der Waals surface area contributed by atoms with Crippen molar-refractivity contribution in [3.63, 3.8) is 0 Å². The highest BCUT2D eigenvalue weighted by molar-refractivity contribution is 5.93. The molecule has 0 saturated heterocycles. The summed E-state index contributed by atoms with van der Waals surface area (Å²) in [5.41, 5.74) is 3.70. The number of carbonyl (C=O) groups excluding carboxylic acids is 2. The molecule has 30 heavy (non-hydrogen) atoms. The standard InChI is InChI=1S/C24H28N4O2/c1-4-27(17-19-10-13-21(14-11-19)24(30)26(2)3)23(29)15-12-20-16-25-28(18-20)22-8-6-5-7-9-22/h5-11,13-14,16,18H,4,12,15,17H2,1-3H3. The first-order chi connectivity index (χ1) is 14.5. The second-order valence-electron chi connectivity index (χ2n) is 7.43. The summed E-state index contributed by atoms with van der Waals surface area (Å²) >= 11 is 0. The van der Waals surface area contributed by atoms with Gasteiger partial charge in [-0.05, 0) is 48.7 Å². The van der Waals surface area contributed by atoms with Crippen LogP contribution in [0.3, 0.4) is 0 Å². The Kier molecular flexibility index (Phi) is 7.01. The summed E-state index contributed by atoms with van der Waals surface area (Å²) in [6.45, 7) is 3.16. The monoisotopic (exact) mass is 404 g/mol. The van der Waals surface area contributed by atoms with E-state index in [-0.39, 0.29) is 11.8 Å². The fraction of sp³-hybridized carbons (Fsp3) is 0.292. The summed E-state index contributed by atoms with van der Waals surface area (Å²) in [6, 6.07) is 17.4. The second kappa shape index (κ2) is 9.87. The molecule has 3 rings (SSSR count). The van der Waals surface area contributed by atoms with Gasteiger partial charge in [-0.3, -0.25) is 9.59 Å². The maximum Gasteiger partial charge on any atom is 0.253 e. The molecule has 2 aromatic carbocycles. The van der Waals surface area contributed by atoms with Crippen LogP contribution in [0, 0.1) is 0 Å². The molecule has 0 N–H and O–H groups in total. The summed E-state index contributed by atoms with van der Waals surface area (Å²) in [5.74, 6) is 0.0828. The van der Waals surface area contributed by atoms with E-state index in [1.54, 1.807) is 19.0 Å². The van der Waals surface area contributed by atoms with E-state index in [1.165, 1.54) is 0 Å². The van der Waals surface area contributed by atoms with Crippen molar-refractivity contribution in [1.29, 1.82) is 0 Å². The van der Waals surface area contributed by atoms with E-state index < -0.39 is 0 Å². The highest BCUT2D eigenvalue weighted by atomic mass is 16.2. The largest absolute Gasteiger partial charge is 0.345 e. The molecular weight excluding hydrogens is 376 g/mol. The summed E-state index contributed by atoms with van der Waals surface area (Å²) < 4.78 is 1.83. The van der Waals surface area contributed by atoms with E-state index in [4.69, 9.17) is 0 Å². The van der Waals surface area contributed by atoms with Crippen molar-refractivity contribution in [1.82, 2.24) is 19.6 Å². The van der Waals surface area contributed by atoms with Crippen LogP contribution in [0.4, 0.5) is 0 Å². The molecule has 0 aliphatic heterocycles. The van der Waals surface area contributed by atoms with Gasteiger partial charge in [-0.15, -0.1) is 0 Å². The lowest BCUT2D eigenvalue weighted by molar-refractivity contribution is -0.131. The van der Waals surface area contributed by atoms with Crippen LogP contribution in [0.5, 0.6) is 0 Å². The number of aryl methyl sites for hydroxylation is 1. The summed E-state index contributed by atoms with van der Waals surface area (Å²) in [4.78, 5) is 28.1. The highest BCUT2D eigenvalue weighted by Crippen LogP contribution is 2.13. The smallest absolute Gasteiger partial charge is 0.253 e. The average molecular weight is 405 g/mol. The summed E-state index contributed by atoms with van der Waals surface area (Å²) in [6.07, 6.45) is 4.88. The van der Waals surface area contributed by atoms with Gasteiger partial charge >= 0.3 is 0 Å². The van der Waals surface area contributed by atoms with E-state index in [9.17, 15) is 9.59 Å². The quantitative estimate of drug-likeness (QED) is 0.577. The molecule has 156 valence electrons. The van der Waals surface area contributed by atoms with Crippen LogP contribution in [0.15, 0.2) is 67.0 Å². The van der Waals surface area contributed by atoms with Crippen LogP contribution in [-0.2, 0) is 17.8 Å². The van der Waals surface area contributed by atoms with Crippen molar-refractivity contribution in [3.05, 3.63) is 83.7 Å². The van der Waals surface area contributed by atoms with E-state index in [1.807, 2.05) is 83.5 Å².